The number of nitrogens with zero attached hydrogens (tertiary/aromatic N) is 3. The number of rotatable bonds is 4. The minimum Gasteiger partial charge on any atom is -0.333 e. The van der Waals surface area contributed by atoms with E-state index in [1.807, 2.05) is 19.3 Å². The first-order chi connectivity index (χ1) is 6.27. The predicted octanol–water partition coefficient (Wildman–Crippen LogP) is 0.825. The summed E-state index contributed by atoms with van der Waals surface area (Å²) >= 11 is 0. The quantitative estimate of drug-likeness (QED) is 0.422. The monoisotopic (exact) mass is 178 g/mol. The average molecular weight is 178 g/mol. The normalized spacial score (nSPS) is 9.62. The van der Waals surface area contributed by atoms with Gasteiger partial charge in [0.2, 0.25) is 0 Å². The van der Waals surface area contributed by atoms with Gasteiger partial charge < -0.3 is 9.88 Å². The molecule has 0 aliphatic heterocycles. The second kappa shape index (κ2) is 4.51. The lowest BCUT2D eigenvalue weighted by Crippen LogP contribution is -2.15. The van der Waals surface area contributed by atoms with E-state index in [0.717, 1.165) is 24.5 Å². The van der Waals surface area contributed by atoms with Gasteiger partial charge in [0.1, 0.15) is 5.82 Å². The van der Waals surface area contributed by atoms with E-state index in [9.17, 15) is 0 Å². The molecule has 1 aromatic rings. The molecule has 0 radical (unpaired) electrons. The summed E-state index contributed by atoms with van der Waals surface area (Å²) in [4.78, 5) is 4.36. The maximum absolute atomic E-state index is 8.29. The lowest BCUT2D eigenvalue weighted by Gasteiger charge is -2.03. The number of aromatic nitrogens is 2. The highest BCUT2D eigenvalue weighted by Gasteiger charge is 2.01. The molecule has 0 saturated carbocycles. The van der Waals surface area contributed by atoms with Crippen LogP contribution in [0.1, 0.15) is 18.4 Å². The van der Waals surface area contributed by atoms with Crippen molar-refractivity contribution in [2.24, 2.45) is 0 Å². The Labute approximate surface area is 78.2 Å². The van der Waals surface area contributed by atoms with Crippen molar-refractivity contribution in [3.05, 3.63) is 17.7 Å². The van der Waals surface area contributed by atoms with Crippen LogP contribution in [0.15, 0.2) is 6.20 Å². The standard InChI is InChI=1S/C9H14N4/c1-3-9-12-8(2)6-13(9)5-4-11-7-10/h6,11H,3-5H2,1-2H3. The van der Waals surface area contributed by atoms with Gasteiger partial charge in [0.15, 0.2) is 6.19 Å². The zero-order valence-electron chi connectivity index (χ0n) is 8.04. The number of imidazole rings is 1. The van der Waals surface area contributed by atoms with E-state index in [1.54, 1.807) is 0 Å². The van der Waals surface area contributed by atoms with E-state index < -0.39 is 0 Å². The van der Waals surface area contributed by atoms with Gasteiger partial charge in [-0.2, -0.15) is 5.26 Å². The first-order valence-corrected chi connectivity index (χ1v) is 4.42. The van der Waals surface area contributed by atoms with Crippen LogP contribution in [0.4, 0.5) is 0 Å². The van der Waals surface area contributed by atoms with E-state index in [4.69, 9.17) is 5.26 Å². The summed E-state index contributed by atoms with van der Waals surface area (Å²) in [6.07, 6.45) is 4.84. The van der Waals surface area contributed by atoms with Gasteiger partial charge in [0.05, 0.1) is 5.69 Å². The van der Waals surface area contributed by atoms with E-state index >= 15 is 0 Å². The molecule has 0 aromatic carbocycles. The highest BCUT2D eigenvalue weighted by atomic mass is 15.1. The highest BCUT2D eigenvalue weighted by molar-refractivity contribution is 5.02. The van der Waals surface area contributed by atoms with Gasteiger partial charge in [-0.3, -0.25) is 0 Å². The number of hydrogen-bond acceptors (Lipinski definition) is 3. The van der Waals surface area contributed by atoms with Crippen LogP contribution < -0.4 is 5.32 Å². The summed E-state index contributed by atoms with van der Waals surface area (Å²) in [6, 6.07) is 0. The molecule has 13 heavy (non-hydrogen) atoms. The molecule has 0 aliphatic carbocycles. The van der Waals surface area contributed by atoms with Gasteiger partial charge in [0.25, 0.3) is 0 Å². The molecule has 0 bridgehead atoms. The van der Waals surface area contributed by atoms with Gasteiger partial charge in [0, 0.05) is 25.7 Å². The smallest absolute Gasteiger partial charge is 0.176 e. The van der Waals surface area contributed by atoms with Crippen molar-refractivity contribution in [3.8, 4) is 6.19 Å². The third kappa shape index (κ3) is 2.48. The molecule has 1 N–H and O–H groups in total. The lowest BCUT2D eigenvalue weighted by molar-refractivity contribution is 0.634. The summed E-state index contributed by atoms with van der Waals surface area (Å²) in [5, 5.41) is 10.9. The van der Waals surface area contributed by atoms with Crippen LogP contribution >= 0.6 is 0 Å². The van der Waals surface area contributed by atoms with Gasteiger partial charge >= 0.3 is 0 Å². The maximum atomic E-state index is 8.29. The molecule has 0 unspecified atom stereocenters. The zero-order chi connectivity index (χ0) is 9.68. The molecule has 4 nitrogen and oxygen atoms in total. The van der Waals surface area contributed by atoms with Crippen molar-refractivity contribution in [3.63, 3.8) is 0 Å². The zero-order valence-corrected chi connectivity index (χ0v) is 8.04. The second-order valence-electron chi connectivity index (χ2n) is 2.88. The fourth-order valence-corrected chi connectivity index (χ4v) is 1.30. The Kier molecular flexibility index (Phi) is 3.32. The summed E-state index contributed by atoms with van der Waals surface area (Å²) in [7, 11) is 0. The molecule has 0 spiro atoms. The van der Waals surface area contributed by atoms with Crippen LogP contribution in [0.2, 0.25) is 0 Å². The summed E-state index contributed by atoms with van der Waals surface area (Å²) in [6.45, 7) is 5.53. The Morgan fingerprint density at radius 1 is 1.69 bits per heavy atom. The Morgan fingerprint density at radius 3 is 3.08 bits per heavy atom. The van der Waals surface area contributed by atoms with Crippen molar-refractivity contribution in [1.82, 2.24) is 14.9 Å². The fraction of sp³-hybridized carbons (Fsp3) is 0.556. The maximum Gasteiger partial charge on any atom is 0.176 e. The Morgan fingerprint density at radius 2 is 2.46 bits per heavy atom. The van der Waals surface area contributed by atoms with Crippen molar-refractivity contribution in [1.29, 1.82) is 5.26 Å². The molecule has 0 amide bonds. The van der Waals surface area contributed by atoms with Gasteiger partial charge in [-0.25, -0.2) is 4.98 Å². The first kappa shape index (κ1) is 9.59. The van der Waals surface area contributed by atoms with Gasteiger partial charge in [-0.1, -0.05) is 6.92 Å². The molecule has 4 heteroatoms. The van der Waals surface area contributed by atoms with E-state index in [-0.39, 0.29) is 0 Å². The molecule has 70 valence electrons. The molecule has 1 rings (SSSR count). The summed E-state index contributed by atoms with van der Waals surface area (Å²) in [5.41, 5.74) is 1.04. The minimum atomic E-state index is 0.666. The molecule has 0 fully saturated rings. The largest absolute Gasteiger partial charge is 0.333 e. The topological polar surface area (TPSA) is 53.6 Å². The summed E-state index contributed by atoms with van der Waals surface area (Å²) in [5.74, 6) is 1.08. The average Bonchev–Trinajstić information content (AvgIpc) is 2.47. The molecular weight excluding hydrogens is 164 g/mol. The Hall–Kier alpha value is -1.50. The number of nitriles is 1. The van der Waals surface area contributed by atoms with Gasteiger partial charge in [-0.05, 0) is 6.92 Å². The van der Waals surface area contributed by atoms with E-state index in [0.29, 0.717) is 6.54 Å². The van der Waals surface area contributed by atoms with Crippen molar-refractivity contribution in [2.45, 2.75) is 26.8 Å². The van der Waals surface area contributed by atoms with Crippen molar-refractivity contribution < 1.29 is 0 Å². The van der Waals surface area contributed by atoms with Crippen molar-refractivity contribution >= 4 is 0 Å². The van der Waals surface area contributed by atoms with E-state index in [2.05, 4.69) is 21.8 Å². The molecule has 0 atom stereocenters. The molecule has 1 heterocycles. The van der Waals surface area contributed by atoms with Crippen LogP contribution in [0, 0.1) is 18.4 Å². The van der Waals surface area contributed by atoms with Crippen LogP contribution in [0.3, 0.4) is 0 Å². The van der Waals surface area contributed by atoms with Gasteiger partial charge in [-0.15, -0.1) is 0 Å². The van der Waals surface area contributed by atoms with Crippen LogP contribution in [0.25, 0.3) is 0 Å². The fourth-order valence-electron chi connectivity index (χ4n) is 1.30. The Bertz CT molecular complexity index is 308. The van der Waals surface area contributed by atoms with Crippen LogP contribution in [0.5, 0.6) is 0 Å². The second-order valence-corrected chi connectivity index (χ2v) is 2.88. The number of hydrogen-bond donors (Lipinski definition) is 1. The Balaban J connectivity index is 2.59. The number of aryl methyl sites for hydroxylation is 2. The SMILES string of the molecule is CCc1nc(C)cn1CCNC#N. The van der Waals surface area contributed by atoms with E-state index in [1.165, 1.54) is 0 Å². The molecule has 1 aromatic heterocycles. The van der Waals surface area contributed by atoms with Crippen molar-refractivity contribution in [2.75, 3.05) is 6.54 Å². The lowest BCUT2D eigenvalue weighted by atomic mass is 10.4. The predicted molar refractivity (Wildman–Crippen MR) is 50.0 cm³/mol. The highest BCUT2D eigenvalue weighted by Crippen LogP contribution is 2.02. The van der Waals surface area contributed by atoms with Crippen LogP contribution in [-0.4, -0.2) is 16.1 Å². The van der Waals surface area contributed by atoms with Crippen LogP contribution in [-0.2, 0) is 13.0 Å². The first-order valence-electron chi connectivity index (χ1n) is 4.42. The molecular formula is C9H14N4. The molecule has 0 aliphatic rings. The molecule has 0 saturated heterocycles. The summed E-state index contributed by atoms with van der Waals surface area (Å²) < 4.78 is 2.08. The third-order valence-corrected chi connectivity index (χ3v) is 1.85. The number of nitrogens with one attached hydrogen (secondary N) is 1. The third-order valence-electron chi connectivity index (χ3n) is 1.85. The minimum absolute atomic E-state index is 0.666.